The molecule has 3 aromatic rings. The maximum Gasteiger partial charge on any atom is 0.258 e. The summed E-state index contributed by atoms with van der Waals surface area (Å²) in [7, 11) is 0. The molecular formula is C19H15ClN2O2S2. The van der Waals surface area contributed by atoms with Gasteiger partial charge < -0.3 is 9.64 Å². The predicted molar refractivity (Wildman–Crippen MR) is 107 cm³/mol. The van der Waals surface area contributed by atoms with Crippen molar-refractivity contribution in [1.29, 1.82) is 0 Å². The van der Waals surface area contributed by atoms with Crippen molar-refractivity contribution < 1.29 is 9.53 Å². The monoisotopic (exact) mass is 402 g/mol. The number of hydrogen-bond donors (Lipinski definition) is 0. The van der Waals surface area contributed by atoms with Gasteiger partial charge in [-0.2, -0.15) is 0 Å². The standard InChI is InChI=1S/C19H15ClN2O2S2/c20-14-4-5-18-17(9-14)22(6-7-26-18)19(23)13-2-1-3-16(8-13)24-10-15-11-25-12-21-15/h1-5,8-9,11-12H,6-7,10H2. The number of carbonyl (C=O) groups excluding carboxylic acids is 1. The zero-order valence-corrected chi connectivity index (χ0v) is 16.1. The molecule has 1 amide bonds. The van der Waals surface area contributed by atoms with Crippen LogP contribution in [0, 0.1) is 0 Å². The summed E-state index contributed by atoms with van der Waals surface area (Å²) < 4.78 is 5.77. The van der Waals surface area contributed by atoms with Crippen molar-refractivity contribution in [2.24, 2.45) is 0 Å². The Hall–Kier alpha value is -2.02. The Bertz CT molecular complexity index is 931. The number of rotatable bonds is 4. The fourth-order valence-corrected chi connectivity index (χ4v) is 4.43. The summed E-state index contributed by atoms with van der Waals surface area (Å²) >= 11 is 9.41. The molecule has 0 fully saturated rings. The summed E-state index contributed by atoms with van der Waals surface area (Å²) in [6.45, 7) is 1.04. The number of hydrogen-bond acceptors (Lipinski definition) is 5. The van der Waals surface area contributed by atoms with Crippen LogP contribution >= 0.6 is 34.7 Å². The van der Waals surface area contributed by atoms with Gasteiger partial charge in [0.25, 0.3) is 5.91 Å². The Balaban J connectivity index is 1.55. The first-order chi connectivity index (χ1) is 12.7. The molecule has 0 saturated carbocycles. The van der Waals surface area contributed by atoms with Crippen LogP contribution in [0.4, 0.5) is 5.69 Å². The highest BCUT2D eigenvalue weighted by Gasteiger charge is 2.24. The van der Waals surface area contributed by atoms with E-state index in [0.29, 0.717) is 29.5 Å². The van der Waals surface area contributed by atoms with Crippen LogP contribution in [-0.2, 0) is 6.61 Å². The molecular weight excluding hydrogens is 388 g/mol. The van der Waals surface area contributed by atoms with Gasteiger partial charge in [0.1, 0.15) is 12.4 Å². The minimum atomic E-state index is -0.0482. The Labute approximate surface area is 164 Å². The van der Waals surface area contributed by atoms with Gasteiger partial charge in [-0.15, -0.1) is 23.1 Å². The van der Waals surface area contributed by atoms with Crippen molar-refractivity contribution in [1.82, 2.24) is 4.98 Å². The molecule has 26 heavy (non-hydrogen) atoms. The highest BCUT2D eigenvalue weighted by Crippen LogP contribution is 2.37. The first kappa shape index (κ1) is 17.4. The fraction of sp³-hybridized carbons (Fsp3) is 0.158. The Morgan fingerprint density at radius 2 is 2.19 bits per heavy atom. The molecule has 4 rings (SSSR count). The van der Waals surface area contributed by atoms with Crippen molar-refractivity contribution in [2.75, 3.05) is 17.2 Å². The first-order valence-corrected chi connectivity index (χ1v) is 10.4. The molecule has 0 spiro atoms. The van der Waals surface area contributed by atoms with Crippen molar-refractivity contribution in [2.45, 2.75) is 11.5 Å². The highest BCUT2D eigenvalue weighted by atomic mass is 35.5. The summed E-state index contributed by atoms with van der Waals surface area (Å²) in [5, 5.41) is 2.57. The van der Waals surface area contributed by atoms with E-state index in [2.05, 4.69) is 4.98 Å². The van der Waals surface area contributed by atoms with Crippen LogP contribution in [0.1, 0.15) is 16.1 Å². The lowest BCUT2D eigenvalue weighted by atomic mass is 10.1. The number of halogens is 1. The van der Waals surface area contributed by atoms with E-state index in [1.807, 2.05) is 41.8 Å². The summed E-state index contributed by atoms with van der Waals surface area (Å²) in [5.41, 5.74) is 4.12. The summed E-state index contributed by atoms with van der Waals surface area (Å²) in [6.07, 6.45) is 0. The molecule has 132 valence electrons. The Morgan fingerprint density at radius 3 is 3.04 bits per heavy atom. The van der Waals surface area contributed by atoms with Gasteiger partial charge in [0.2, 0.25) is 0 Å². The first-order valence-electron chi connectivity index (χ1n) is 8.05. The third kappa shape index (κ3) is 3.72. The van der Waals surface area contributed by atoms with E-state index in [-0.39, 0.29) is 5.91 Å². The van der Waals surface area contributed by atoms with Crippen LogP contribution in [0.15, 0.2) is 58.3 Å². The second-order valence-electron chi connectivity index (χ2n) is 5.71. The van der Waals surface area contributed by atoms with E-state index in [0.717, 1.165) is 22.0 Å². The summed E-state index contributed by atoms with van der Waals surface area (Å²) in [5.74, 6) is 1.47. The zero-order chi connectivity index (χ0) is 17.9. The normalized spacial score (nSPS) is 13.3. The summed E-state index contributed by atoms with van der Waals surface area (Å²) in [4.78, 5) is 20.1. The number of aromatic nitrogens is 1. The molecule has 1 aliphatic heterocycles. The van der Waals surface area contributed by atoms with E-state index >= 15 is 0 Å². The van der Waals surface area contributed by atoms with Crippen LogP contribution in [-0.4, -0.2) is 23.2 Å². The molecule has 0 unspecified atom stereocenters. The lowest BCUT2D eigenvalue weighted by molar-refractivity contribution is 0.0987. The van der Waals surface area contributed by atoms with Gasteiger partial charge in [-0.05, 0) is 36.4 Å². The minimum Gasteiger partial charge on any atom is -0.487 e. The van der Waals surface area contributed by atoms with Crippen molar-refractivity contribution in [3.63, 3.8) is 0 Å². The van der Waals surface area contributed by atoms with E-state index < -0.39 is 0 Å². The lowest BCUT2D eigenvalue weighted by Gasteiger charge is -2.29. The lowest BCUT2D eigenvalue weighted by Crippen LogP contribution is -2.35. The molecule has 1 aromatic heterocycles. The smallest absolute Gasteiger partial charge is 0.258 e. The number of fused-ring (bicyclic) bond motifs is 1. The number of thioether (sulfide) groups is 1. The third-order valence-electron chi connectivity index (χ3n) is 3.98. The second-order valence-corrected chi connectivity index (χ2v) is 8.01. The van der Waals surface area contributed by atoms with Crippen LogP contribution < -0.4 is 9.64 Å². The van der Waals surface area contributed by atoms with Gasteiger partial charge in [0, 0.05) is 33.2 Å². The van der Waals surface area contributed by atoms with Gasteiger partial charge in [0.15, 0.2) is 0 Å². The van der Waals surface area contributed by atoms with Crippen LogP contribution in [0.3, 0.4) is 0 Å². The molecule has 0 bridgehead atoms. The molecule has 0 radical (unpaired) electrons. The van der Waals surface area contributed by atoms with Gasteiger partial charge in [-0.3, -0.25) is 4.79 Å². The molecule has 0 N–H and O–H groups in total. The topological polar surface area (TPSA) is 42.4 Å². The molecule has 0 saturated heterocycles. The van der Waals surface area contributed by atoms with E-state index in [1.165, 1.54) is 11.3 Å². The molecule has 1 aliphatic rings. The molecule has 7 heteroatoms. The van der Waals surface area contributed by atoms with Gasteiger partial charge in [0.05, 0.1) is 16.9 Å². The largest absolute Gasteiger partial charge is 0.487 e. The fourth-order valence-electron chi connectivity index (χ4n) is 2.74. The SMILES string of the molecule is O=C(c1cccc(OCc2cscn2)c1)N1CCSc2ccc(Cl)cc21. The minimum absolute atomic E-state index is 0.0482. The van der Waals surface area contributed by atoms with Crippen molar-refractivity contribution >= 4 is 46.3 Å². The Kier molecular flexibility index (Phi) is 5.15. The van der Waals surface area contributed by atoms with Gasteiger partial charge in [-0.1, -0.05) is 17.7 Å². The second kappa shape index (κ2) is 7.70. The number of ether oxygens (including phenoxy) is 1. The molecule has 0 aliphatic carbocycles. The van der Waals surface area contributed by atoms with Crippen LogP contribution in [0.5, 0.6) is 5.75 Å². The number of amides is 1. The predicted octanol–water partition coefficient (Wildman–Crippen LogP) is 5.13. The average Bonchev–Trinajstić information content (AvgIpc) is 3.19. The zero-order valence-electron chi connectivity index (χ0n) is 13.7. The average molecular weight is 403 g/mol. The third-order valence-corrected chi connectivity index (χ3v) is 5.89. The highest BCUT2D eigenvalue weighted by molar-refractivity contribution is 7.99. The molecule has 4 nitrogen and oxygen atoms in total. The quantitative estimate of drug-likeness (QED) is 0.606. The van der Waals surface area contributed by atoms with Crippen LogP contribution in [0.25, 0.3) is 0 Å². The van der Waals surface area contributed by atoms with E-state index in [4.69, 9.17) is 16.3 Å². The maximum atomic E-state index is 13.1. The van der Waals surface area contributed by atoms with Crippen LogP contribution in [0.2, 0.25) is 5.02 Å². The number of anilines is 1. The van der Waals surface area contributed by atoms with E-state index in [9.17, 15) is 4.79 Å². The maximum absolute atomic E-state index is 13.1. The summed E-state index contributed by atoms with van der Waals surface area (Å²) in [6, 6.07) is 12.9. The number of thiazole rings is 1. The molecule has 2 aromatic carbocycles. The van der Waals surface area contributed by atoms with Gasteiger partial charge in [-0.25, -0.2) is 4.98 Å². The Morgan fingerprint density at radius 1 is 1.27 bits per heavy atom. The van der Waals surface area contributed by atoms with Gasteiger partial charge >= 0.3 is 0 Å². The van der Waals surface area contributed by atoms with Crippen molar-refractivity contribution in [3.8, 4) is 5.75 Å². The number of nitrogens with zero attached hydrogens (tertiary/aromatic N) is 2. The number of carbonyl (C=O) groups is 1. The number of benzene rings is 2. The molecule has 0 atom stereocenters. The molecule has 2 heterocycles. The van der Waals surface area contributed by atoms with E-state index in [1.54, 1.807) is 28.2 Å². The van der Waals surface area contributed by atoms with Crippen molar-refractivity contribution in [3.05, 3.63) is 69.6 Å².